The van der Waals surface area contributed by atoms with Crippen LogP contribution in [0.1, 0.15) is 34.6 Å². The molecular weight excluding hydrogens is 1620 g/mol. The summed E-state index contributed by atoms with van der Waals surface area (Å²) in [5.74, 6) is -6.09. The van der Waals surface area contributed by atoms with E-state index in [1.807, 2.05) is 0 Å². The van der Waals surface area contributed by atoms with Gasteiger partial charge >= 0.3 is 195 Å². The van der Waals surface area contributed by atoms with E-state index in [-0.39, 0.29) is 272 Å². The molecule has 0 unspecified atom stereocenters. The van der Waals surface area contributed by atoms with Crippen LogP contribution in [0, 0.1) is 0 Å². The summed E-state index contributed by atoms with van der Waals surface area (Å²) in [6.07, 6.45) is 5.01. The molecule has 51 heteroatoms. The van der Waals surface area contributed by atoms with Crippen molar-refractivity contribution in [3.63, 3.8) is 0 Å². The fraction of sp³-hybridized carbons (Fsp3) is 0.0333. The number of azo groups is 2. The number of aromatic carboxylic acids is 2. The van der Waals surface area contributed by atoms with Crippen LogP contribution in [-0.2, 0) is 60.2 Å². The first kappa shape index (κ1) is 95.5. The van der Waals surface area contributed by atoms with Crippen LogP contribution in [-0.4, -0.2) is 140 Å². The molecule has 11 rings (SSSR count). The third kappa shape index (κ3) is 23.9. The van der Waals surface area contributed by atoms with Crippen LogP contribution >= 0.6 is 0 Å². The van der Waals surface area contributed by atoms with Gasteiger partial charge in [-0.3, -0.25) is 32.4 Å². The number of nitrogens with one attached hydrogen (secondary N) is 6. The first-order valence-electron chi connectivity index (χ1n) is 28.8. The van der Waals surface area contributed by atoms with Crippen molar-refractivity contribution in [2.75, 3.05) is 31.9 Å². The van der Waals surface area contributed by atoms with Gasteiger partial charge in [0, 0.05) is 52.5 Å². The summed E-state index contributed by atoms with van der Waals surface area (Å²) in [6.45, 7) is 2.29. The molecule has 41 nitrogen and oxygen atoms in total. The maximum Gasteiger partial charge on any atom is 1.00 e. The fourth-order valence-electron chi connectivity index (χ4n) is 9.89. The Labute approximate surface area is 737 Å². The number of amides is 2. The molecule has 0 aliphatic carbocycles. The molecule has 11 aromatic rings. The van der Waals surface area contributed by atoms with Crippen molar-refractivity contribution in [3.8, 4) is 11.9 Å². The summed E-state index contributed by atoms with van der Waals surface area (Å²) in [6, 6.07) is 26.9. The maximum atomic E-state index is 13.1. The second-order valence-electron chi connectivity index (χ2n) is 21.6. The van der Waals surface area contributed by atoms with Gasteiger partial charge in [-0.1, -0.05) is 24.3 Å². The summed E-state index contributed by atoms with van der Waals surface area (Å²) in [5, 5.41) is 51.4. The van der Waals surface area contributed by atoms with E-state index in [0.29, 0.717) is 0 Å². The van der Waals surface area contributed by atoms with Crippen LogP contribution in [0.15, 0.2) is 209 Å². The smallest absolute Gasteiger partial charge is 0.870 e. The van der Waals surface area contributed by atoms with Gasteiger partial charge in [-0.2, -0.15) is 52.3 Å². The SMILES string of the molecule is CC(=O)Nc1cc(Nc2nc(Nc3ccc(S(=O)(=O)O)c(Nc4nc(Nc5ccc(N=Nc6cc(S(=O)(=O)O)c7cccc(S(=O)(=O)O)c7c6)c(NC(C)=O)c5)nc(-[n+]5cccc(C(=O)O)c5)n4)c3)nc(-[n+]3cccc(C(=O)O)c3)n2)ccc1N=Nc1cc(S(=O)(=O)O)c2cccc(S(=O)(=O)O)c2c1.[Na+].[Na+].[Na+].[Na+].[Na+].[OH-].[OH-]. The Kier molecular flexibility index (Phi) is 33.4. The molecule has 0 aliphatic rings. The van der Waals surface area contributed by atoms with Crippen LogP contribution in [0.25, 0.3) is 33.4 Å². The van der Waals surface area contributed by atoms with E-state index in [2.05, 4.69) is 82.3 Å². The third-order valence-corrected chi connectivity index (χ3v) is 18.7. The number of hydrogen-bond donors (Lipinski definition) is 13. The van der Waals surface area contributed by atoms with E-state index in [1.54, 1.807) is 0 Å². The zero-order chi connectivity index (χ0) is 75.0. The van der Waals surface area contributed by atoms with E-state index in [1.165, 1.54) is 89.8 Å². The number of carboxylic acid groups (broad SMARTS) is 2. The van der Waals surface area contributed by atoms with E-state index in [9.17, 15) is 94.2 Å². The molecule has 0 bridgehead atoms. The molecule has 0 radical (unpaired) electrons. The molecule has 0 fully saturated rings. The van der Waals surface area contributed by atoms with Crippen molar-refractivity contribution in [2.45, 2.75) is 38.3 Å². The van der Waals surface area contributed by atoms with Crippen molar-refractivity contribution >= 4 is 177 Å². The van der Waals surface area contributed by atoms with Crippen LogP contribution in [0.2, 0.25) is 0 Å². The van der Waals surface area contributed by atoms with Crippen molar-refractivity contribution in [1.82, 2.24) is 29.9 Å². The Morgan fingerprint density at radius 1 is 0.360 bits per heavy atom. The number of carbonyl (C=O) groups is 4. The molecule has 0 aliphatic heterocycles. The van der Waals surface area contributed by atoms with Gasteiger partial charge in [-0.25, -0.2) is 18.7 Å². The third-order valence-electron chi connectivity index (χ3n) is 14.2. The number of aromatic nitrogens is 8. The predicted molar refractivity (Wildman–Crippen MR) is 367 cm³/mol. The van der Waals surface area contributed by atoms with E-state index in [0.717, 1.165) is 97.5 Å². The number of rotatable bonds is 23. The van der Waals surface area contributed by atoms with Crippen molar-refractivity contribution in [3.05, 3.63) is 175 Å². The minimum Gasteiger partial charge on any atom is -0.870 e. The number of anilines is 10. The zero-order valence-corrected chi connectivity index (χ0v) is 72.3. The van der Waals surface area contributed by atoms with Gasteiger partial charge in [-0.05, 0) is 135 Å². The first-order chi connectivity index (χ1) is 48.9. The molecule has 15 N–H and O–H groups in total. The number of carboxylic acids is 2. The van der Waals surface area contributed by atoms with Crippen molar-refractivity contribution in [2.24, 2.45) is 20.5 Å². The fourth-order valence-corrected chi connectivity index (χ4v) is 13.4. The molecule has 0 atom stereocenters. The largest absolute Gasteiger partial charge is 1.00 e. The maximum absolute atomic E-state index is 13.1. The van der Waals surface area contributed by atoms with E-state index < -0.39 is 110 Å². The zero-order valence-electron chi connectivity index (χ0n) is 58.2. The summed E-state index contributed by atoms with van der Waals surface area (Å²) in [4.78, 5) is 72.3. The van der Waals surface area contributed by atoms with Gasteiger partial charge < -0.3 is 53.1 Å². The van der Waals surface area contributed by atoms with E-state index >= 15 is 0 Å². The number of hydrogen-bond acceptors (Lipinski definition) is 30. The number of pyridine rings is 2. The quantitative estimate of drug-likeness (QED) is 0.0122. The molecule has 0 saturated heterocycles. The Hall–Kier alpha value is -7.87. The van der Waals surface area contributed by atoms with Crippen LogP contribution in [0.3, 0.4) is 0 Å². The Balaban J connectivity index is 0.00000371. The van der Waals surface area contributed by atoms with Gasteiger partial charge in [-0.15, -0.1) is 20.2 Å². The average Bonchev–Trinajstić information content (AvgIpc) is 0.766. The summed E-state index contributed by atoms with van der Waals surface area (Å²) < 4.78 is 179. The molecule has 4 heterocycles. The van der Waals surface area contributed by atoms with Gasteiger partial charge in [0.2, 0.25) is 11.8 Å². The molecular formula is C60H48N18Na5O23S5+5. The van der Waals surface area contributed by atoms with Crippen LogP contribution in [0.5, 0.6) is 0 Å². The van der Waals surface area contributed by atoms with Gasteiger partial charge in [0.1, 0.15) is 35.9 Å². The average molecular weight is 1660 g/mol. The molecule has 7 aromatic carbocycles. The number of carbonyl (C=O) groups excluding carboxylic acids is 2. The molecule has 2 amide bonds. The predicted octanol–water partition coefficient (Wildman–Crippen LogP) is -7.07. The number of benzene rings is 7. The molecule has 0 saturated carbocycles. The molecule has 111 heavy (non-hydrogen) atoms. The Morgan fingerprint density at radius 3 is 1.03 bits per heavy atom. The van der Waals surface area contributed by atoms with Gasteiger partial charge in [0.05, 0.1) is 64.4 Å². The van der Waals surface area contributed by atoms with Crippen molar-refractivity contribution < 1.29 is 262 Å². The molecule has 546 valence electrons. The molecule has 0 spiro atoms. The molecule has 4 aromatic heterocycles. The minimum atomic E-state index is -5.17. The summed E-state index contributed by atoms with van der Waals surface area (Å²) >= 11 is 0. The van der Waals surface area contributed by atoms with Crippen LogP contribution in [0.4, 0.5) is 80.7 Å². The van der Waals surface area contributed by atoms with Gasteiger partial charge in [0.15, 0.2) is 0 Å². The Morgan fingerprint density at radius 2 is 0.694 bits per heavy atom. The first-order valence-corrected chi connectivity index (χ1v) is 36.0. The van der Waals surface area contributed by atoms with E-state index in [4.69, 9.17) is 0 Å². The van der Waals surface area contributed by atoms with Gasteiger partial charge in [0.25, 0.3) is 50.6 Å². The second kappa shape index (κ2) is 38.8. The minimum absolute atomic E-state index is 0. The second-order valence-corrected chi connectivity index (χ2v) is 28.5. The number of nitrogens with zero attached hydrogens (tertiary/aromatic N) is 12. The Bertz CT molecular complexity index is 6190. The summed E-state index contributed by atoms with van der Waals surface area (Å²) in [7, 11) is -25.2. The normalized spacial score (nSPS) is 11.4. The topological polar surface area (TPSA) is 647 Å². The number of fused-ring (bicyclic) bond motifs is 2. The standard InChI is InChI=1S/C60H44N18O21S5.5Na.2H2O/c1-30(79)61-45-23-34(13-16-43(45)75-73-37-21-41-39(51(26-37)103(94,95)96)9-3-11-48(41)100(85,86)87)63-55-67-56(70-59(69-55)77-19-5-7-32(28-77)53(81)82)65-36-15-18-50(102(91,92)93)47(25-36)66-58-68-57(71-60(72-58)78-20-6-8-33(29-78)54(83)84)64-35-14-17-44(46(24-35)62-31(2)80)76-74-38-22-42-40(52(27-38)104(97,98)99)10-4-12-49(42)101(88,89)90;;;;;;;/h3-29H,1-2H3,(H11-2,61,62,63,64,65,66,67,68,69,70,71,72,73,74,79,80,81,82,83,84,85,86,87,88,89,90,91,92,93,94,95,96,97,98,99);;;;;;2*1H2/q;5*+1;;. The monoisotopic (exact) mass is 1660 g/mol. The van der Waals surface area contributed by atoms with Crippen molar-refractivity contribution in [1.29, 1.82) is 0 Å². The summed E-state index contributed by atoms with van der Waals surface area (Å²) in [5.41, 5.74) is -1.86. The van der Waals surface area contributed by atoms with Crippen LogP contribution < -0.4 is 189 Å².